The van der Waals surface area contributed by atoms with E-state index in [1.807, 2.05) is 24.3 Å². The molecule has 2 aromatic rings. The van der Waals surface area contributed by atoms with Gasteiger partial charge in [0, 0.05) is 10.4 Å². The van der Waals surface area contributed by atoms with Crippen LogP contribution >= 0.6 is 23.4 Å². The molecular formula is C12H14ClNOS. The molecule has 1 unspecified atom stereocenters. The molecule has 1 aromatic carbocycles. The molecule has 2 N–H and O–H groups in total. The highest BCUT2D eigenvalue weighted by Gasteiger charge is 2.11. The molecular weight excluding hydrogens is 242 g/mol. The Labute approximate surface area is 104 Å². The molecule has 1 aromatic heterocycles. The average Bonchev–Trinajstić information content (AvgIpc) is 2.68. The third-order valence-corrected chi connectivity index (χ3v) is 3.37. The van der Waals surface area contributed by atoms with Crippen LogP contribution in [-0.4, -0.2) is 12.0 Å². The maximum Gasteiger partial charge on any atom is 0.134 e. The van der Waals surface area contributed by atoms with Gasteiger partial charge in [-0.25, -0.2) is 0 Å². The number of nitrogens with two attached hydrogens (primary N) is 1. The minimum Gasteiger partial charge on any atom is -0.459 e. The second kappa shape index (κ2) is 5.13. The summed E-state index contributed by atoms with van der Waals surface area (Å²) in [5, 5.41) is 1.74. The molecule has 0 bridgehead atoms. The van der Waals surface area contributed by atoms with Gasteiger partial charge in [-0.3, -0.25) is 0 Å². The van der Waals surface area contributed by atoms with Crippen LogP contribution in [-0.2, 0) is 0 Å². The summed E-state index contributed by atoms with van der Waals surface area (Å²) in [6.07, 6.45) is 3.00. The van der Waals surface area contributed by atoms with Gasteiger partial charge in [0.2, 0.25) is 0 Å². The van der Waals surface area contributed by atoms with Gasteiger partial charge in [-0.1, -0.05) is 11.6 Å². The molecule has 86 valence electrons. The van der Waals surface area contributed by atoms with Crippen LogP contribution in [0, 0.1) is 0 Å². The third-order valence-electron chi connectivity index (χ3n) is 2.50. The second-order valence-corrected chi connectivity index (χ2v) is 5.14. The molecule has 0 amide bonds. The summed E-state index contributed by atoms with van der Waals surface area (Å²) in [5.74, 6) is 1.88. The molecule has 0 aliphatic carbocycles. The van der Waals surface area contributed by atoms with Crippen molar-refractivity contribution in [3.05, 3.63) is 35.0 Å². The molecule has 2 rings (SSSR count). The van der Waals surface area contributed by atoms with E-state index in [2.05, 4.69) is 6.26 Å². The Kier molecular flexibility index (Phi) is 3.79. The Morgan fingerprint density at radius 3 is 3.00 bits per heavy atom. The maximum absolute atomic E-state index is 6.04. The van der Waals surface area contributed by atoms with Crippen molar-refractivity contribution in [3.63, 3.8) is 0 Å². The Balaban J connectivity index is 2.25. The van der Waals surface area contributed by atoms with Crippen LogP contribution in [0.2, 0.25) is 5.02 Å². The molecule has 0 saturated heterocycles. The van der Waals surface area contributed by atoms with E-state index in [0.29, 0.717) is 0 Å². The van der Waals surface area contributed by atoms with E-state index < -0.39 is 0 Å². The fourth-order valence-electron chi connectivity index (χ4n) is 1.60. The van der Waals surface area contributed by atoms with Gasteiger partial charge in [-0.15, -0.1) is 0 Å². The van der Waals surface area contributed by atoms with Gasteiger partial charge in [0.15, 0.2) is 0 Å². The van der Waals surface area contributed by atoms with E-state index in [1.54, 1.807) is 11.8 Å². The van der Waals surface area contributed by atoms with Gasteiger partial charge in [0.1, 0.15) is 11.3 Å². The van der Waals surface area contributed by atoms with Crippen LogP contribution in [0.5, 0.6) is 0 Å². The predicted molar refractivity (Wildman–Crippen MR) is 71.2 cm³/mol. The molecule has 0 aliphatic heterocycles. The van der Waals surface area contributed by atoms with E-state index in [9.17, 15) is 0 Å². The van der Waals surface area contributed by atoms with E-state index >= 15 is 0 Å². The molecule has 4 heteroatoms. The minimum atomic E-state index is -0.0291. The highest BCUT2D eigenvalue weighted by molar-refractivity contribution is 7.98. The van der Waals surface area contributed by atoms with Gasteiger partial charge >= 0.3 is 0 Å². The molecule has 0 fully saturated rings. The van der Waals surface area contributed by atoms with Crippen molar-refractivity contribution in [1.82, 2.24) is 0 Å². The molecule has 0 saturated carbocycles. The first kappa shape index (κ1) is 11.8. The SMILES string of the molecule is CSCCC(N)c1cc2cc(Cl)ccc2o1. The molecule has 0 spiro atoms. The zero-order valence-corrected chi connectivity index (χ0v) is 10.6. The number of benzene rings is 1. The number of hydrogen-bond donors (Lipinski definition) is 1. The van der Waals surface area contributed by atoms with E-state index in [4.69, 9.17) is 21.8 Å². The first-order valence-electron chi connectivity index (χ1n) is 5.14. The first-order chi connectivity index (χ1) is 7.70. The van der Waals surface area contributed by atoms with Crippen molar-refractivity contribution in [2.75, 3.05) is 12.0 Å². The van der Waals surface area contributed by atoms with Crippen LogP contribution in [0.4, 0.5) is 0 Å². The quantitative estimate of drug-likeness (QED) is 0.902. The Bertz CT molecular complexity index is 483. The summed E-state index contributed by atoms with van der Waals surface area (Å²) < 4.78 is 5.69. The predicted octanol–water partition coefficient (Wildman–Crippen LogP) is 3.84. The maximum atomic E-state index is 6.04. The van der Waals surface area contributed by atoms with Crippen LogP contribution in [0.1, 0.15) is 18.2 Å². The Morgan fingerprint density at radius 2 is 2.25 bits per heavy atom. The van der Waals surface area contributed by atoms with Crippen molar-refractivity contribution in [2.24, 2.45) is 5.73 Å². The van der Waals surface area contributed by atoms with Crippen LogP contribution < -0.4 is 5.73 Å². The van der Waals surface area contributed by atoms with E-state index in [0.717, 1.165) is 33.9 Å². The smallest absolute Gasteiger partial charge is 0.134 e. The monoisotopic (exact) mass is 255 g/mol. The number of hydrogen-bond acceptors (Lipinski definition) is 3. The second-order valence-electron chi connectivity index (χ2n) is 3.72. The minimum absolute atomic E-state index is 0.0291. The molecule has 0 radical (unpaired) electrons. The summed E-state index contributed by atoms with van der Waals surface area (Å²) in [6, 6.07) is 7.54. The number of thioether (sulfide) groups is 1. The average molecular weight is 256 g/mol. The van der Waals surface area contributed by atoms with E-state index in [-0.39, 0.29) is 6.04 Å². The fraction of sp³-hybridized carbons (Fsp3) is 0.333. The Morgan fingerprint density at radius 1 is 1.44 bits per heavy atom. The lowest BCUT2D eigenvalue weighted by molar-refractivity contribution is 0.490. The number of fused-ring (bicyclic) bond motifs is 1. The third kappa shape index (κ3) is 2.54. The first-order valence-corrected chi connectivity index (χ1v) is 6.91. The molecule has 1 heterocycles. The number of rotatable bonds is 4. The summed E-state index contributed by atoms with van der Waals surface area (Å²) in [6.45, 7) is 0. The van der Waals surface area contributed by atoms with Crippen LogP contribution in [0.15, 0.2) is 28.7 Å². The van der Waals surface area contributed by atoms with Crippen molar-refractivity contribution >= 4 is 34.3 Å². The van der Waals surface area contributed by atoms with Gasteiger partial charge < -0.3 is 10.2 Å². The topological polar surface area (TPSA) is 39.2 Å². The lowest BCUT2D eigenvalue weighted by Crippen LogP contribution is -2.09. The lowest BCUT2D eigenvalue weighted by Gasteiger charge is -2.06. The summed E-state index contributed by atoms with van der Waals surface area (Å²) in [7, 11) is 0. The molecule has 1 atom stereocenters. The summed E-state index contributed by atoms with van der Waals surface area (Å²) >= 11 is 7.71. The highest BCUT2D eigenvalue weighted by atomic mass is 35.5. The van der Waals surface area contributed by atoms with Crippen molar-refractivity contribution < 1.29 is 4.42 Å². The van der Waals surface area contributed by atoms with Crippen LogP contribution in [0.3, 0.4) is 0 Å². The zero-order valence-electron chi connectivity index (χ0n) is 9.07. The van der Waals surface area contributed by atoms with Crippen molar-refractivity contribution in [3.8, 4) is 0 Å². The highest BCUT2D eigenvalue weighted by Crippen LogP contribution is 2.27. The standard InChI is InChI=1S/C12H14ClNOS/c1-16-5-4-10(14)12-7-8-6-9(13)2-3-11(8)15-12/h2-3,6-7,10H,4-5,14H2,1H3. The van der Waals surface area contributed by atoms with Crippen molar-refractivity contribution in [2.45, 2.75) is 12.5 Å². The fourth-order valence-corrected chi connectivity index (χ4v) is 2.27. The number of furan rings is 1. The van der Waals surface area contributed by atoms with Crippen molar-refractivity contribution in [1.29, 1.82) is 0 Å². The molecule has 0 aliphatic rings. The molecule has 2 nitrogen and oxygen atoms in total. The Hall–Kier alpha value is -0.640. The zero-order chi connectivity index (χ0) is 11.5. The van der Waals surface area contributed by atoms with Gasteiger partial charge in [-0.2, -0.15) is 11.8 Å². The largest absolute Gasteiger partial charge is 0.459 e. The number of halogens is 1. The normalized spacial score (nSPS) is 13.2. The van der Waals surface area contributed by atoms with E-state index in [1.165, 1.54) is 0 Å². The van der Waals surface area contributed by atoms with Crippen LogP contribution in [0.25, 0.3) is 11.0 Å². The lowest BCUT2D eigenvalue weighted by atomic mass is 10.1. The summed E-state index contributed by atoms with van der Waals surface area (Å²) in [5.41, 5.74) is 6.89. The molecule has 16 heavy (non-hydrogen) atoms. The summed E-state index contributed by atoms with van der Waals surface area (Å²) in [4.78, 5) is 0. The van der Waals surface area contributed by atoms with Gasteiger partial charge in [-0.05, 0) is 42.7 Å². The van der Waals surface area contributed by atoms with Gasteiger partial charge in [0.05, 0.1) is 6.04 Å². The van der Waals surface area contributed by atoms with Gasteiger partial charge in [0.25, 0.3) is 0 Å².